The molecule has 0 radical (unpaired) electrons. The van der Waals surface area contributed by atoms with Crippen molar-refractivity contribution < 1.29 is 4.79 Å². The second-order valence-corrected chi connectivity index (χ2v) is 5.42. The maximum absolute atomic E-state index is 12.0. The van der Waals surface area contributed by atoms with Gasteiger partial charge in [0, 0.05) is 13.6 Å². The first-order valence-corrected chi connectivity index (χ1v) is 6.75. The zero-order chi connectivity index (χ0) is 14.4. The third-order valence-electron chi connectivity index (χ3n) is 3.36. The standard InChI is InChI=1S/C14H24N4O/c1-9(2)11(10(3)4)8-16-14(19)12-6-7-13(15-5)18-17-12/h6-7,9-11H,8H2,1-5H3,(H,15,18)(H,16,19). The number of nitrogens with zero attached hydrogens (tertiary/aromatic N) is 2. The van der Waals surface area contributed by atoms with Crippen molar-refractivity contribution >= 4 is 11.7 Å². The molecule has 0 saturated heterocycles. The summed E-state index contributed by atoms with van der Waals surface area (Å²) in [6.07, 6.45) is 0. The number of aromatic nitrogens is 2. The van der Waals surface area contributed by atoms with Crippen molar-refractivity contribution in [3.05, 3.63) is 17.8 Å². The minimum Gasteiger partial charge on any atom is -0.372 e. The minimum absolute atomic E-state index is 0.165. The van der Waals surface area contributed by atoms with E-state index in [4.69, 9.17) is 0 Å². The minimum atomic E-state index is -0.165. The molecule has 1 aromatic rings. The highest BCUT2D eigenvalue weighted by Gasteiger charge is 2.19. The molecule has 0 aliphatic rings. The number of anilines is 1. The molecule has 0 atom stereocenters. The molecule has 2 N–H and O–H groups in total. The van der Waals surface area contributed by atoms with Crippen molar-refractivity contribution in [3.63, 3.8) is 0 Å². The van der Waals surface area contributed by atoms with E-state index in [-0.39, 0.29) is 5.91 Å². The summed E-state index contributed by atoms with van der Waals surface area (Å²) in [5.41, 5.74) is 0.352. The molecule has 0 aliphatic heterocycles. The zero-order valence-electron chi connectivity index (χ0n) is 12.4. The summed E-state index contributed by atoms with van der Waals surface area (Å²) < 4.78 is 0. The Bertz CT molecular complexity index is 392. The van der Waals surface area contributed by atoms with E-state index < -0.39 is 0 Å². The van der Waals surface area contributed by atoms with Crippen LogP contribution >= 0.6 is 0 Å². The summed E-state index contributed by atoms with van der Waals surface area (Å²) in [5.74, 6) is 2.03. The van der Waals surface area contributed by atoms with Crippen LogP contribution in [-0.2, 0) is 0 Å². The van der Waals surface area contributed by atoms with E-state index in [1.807, 2.05) is 0 Å². The van der Waals surface area contributed by atoms with Crippen LogP contribution in [0.25, 0.3) is 0 Å². The first-order chi connectivity index (χ1) is 8.95. The van der Waals surface area contributed by atoms with Crippen LogP contribution in [0.4, 0.5) is 5.82 Å². The lowest BCUT2D eigenvalue weighted by Gasteiger charge is -2.24. The average molecular weight is 264 g/mol. The van der Waals surface area contributed by atoms with Gasteiger partial charge in [0.1, 0.15) is 5.82 Å². The second-order valence-electron chi connectivity index (χ2n) is 5.42. The summed E-state index contributed by atoms with van der Waals surface area (Å²) in [6, 6.07) is 3.41. The molecular weight excluding hydrogens is 240 g/mol. The molecule has 19 heavy (non-hydrogen) atoms. The van der Waals surface area contributed by atoms with E-state index in [0.29, 0.717) is 35.8 Å². The molecular formula is C14H24N4O. The van der Waals surface area contributed by atoms with Crippen molar-refractivity contribution in [1.29, 1.82) is 0 Å². The van der Waals surface area contributed by atoms with Crippen molar-refractivity contribution in [3.8, 4) is 0 Å². The molecule has 0 spiro atoms. The van der Waals surface area contributed by atoms with Gasteiger partial charge in [-0.15, -0.1) is 10.2 Å². The first kappa shape index (κ1) is 15.4. The maximum Gasteiger partial charge on any atom is 0.271 e. The molecule has 1 rings (SSSR count). The molecule has 1 aromatic heterocycles. The van der Waals surface area contributed by atoms with Crippen molar-refractivity contribution in [2.24, 2.45) is 17.8 Å². The molecule has 1 heterocycles. The van der Waals surface area contributed by atoms with E-state index in [2.05, 4.69) is 48.5 Å². The number of rotatable bonds is 6. The fourth-order valence-corrected chi connectivity index (χ4v) is 2.13. The Kier molecular flexibility index (Phi) is 5.73. The van der Waals surface area contributed by atoms with E-state index >= 15 is 0 Å². The highest BCUT2D eigenvalue weighted by molar-refractivity contribution is 5.92. The van der Waals surface area contributed by atoms with Crippen LogP contribution < -0.4 is 10.6 Å². The second kappa shape index (κ2) is 7.07. The van der Waals surface area contributed by atoms with Gasteiger partial charge in [-0.2, -0.15) is 0 Å². The summed E-state index contributed by atoms with van der Waals surface area (Å²) >= 11 is 0. The predicted molar refractivity (Wildman–Crippen MR) is 77.1 cm³/mol. The fourth-order valence-electron chi connectivity index (χ4n) is 2.13. The molecule has 5 nitrogen and oxygen atoms in total. The van der Waals surface area contributed by atoms with Gasteiger partial charge in [-0.3, -0.25) is 4.79 Å². The average Bonchev–Trinajstić information content (AvgIpc) is 2.38. The zero-order valence-corrected chi connectivity index (χ0v) is 12.4. The van der Waals surface area contributed by atoms with Gasteiger partial charge in [0.25, 0.3) is 5.91 Å². The van der Waals surface area contributed by atoms with Crippen LogP contribution in [0.5, 0.6) is 0 Å². The summed E-state index contributed by atoms with van der Waals surface area (Å²) in [4.78, 5) is 12.0. The van der Waals surface area contributed by atoms with Gasteiger partial charge in [-0.25, -0.2) is 0 Å². The maximum atomic E-state index is 12.0. The van der Waals surface area contributed by atoms with Gasteiger partial charge in [0.2, 0.25) is 0 Å². The number of hydrogen-bond donors (Lipinski definition) is 2. The topological polar surface area (TPSA) is 66.9 Å². The first-order valence-electron chi connectivity index (χ1n) is 6.75. The predicted octanol–water partition coefficient (Wildman–Crippen LogP) is 2.18. The highest BCUT2D eigenvalue weighted by Crippen LogP contribution is 2.19. The van der Waals surface area contributed by atoms with Gasteiger partial charge in [-0.1, -0.05) is 27.7 Å². The molecule has 0 saturated carbocycles. The largest absolute Gasteiger partial charge is 0.372 e. The van der Waals surface area contributed by atoms with Crippen LogP contribution in [0, 0.1) is 17.8 Å². The van der Waals surface area contributed by atoms with Gasteiger partial charge in [-0.05, 0) is 29.9 Å². The van der Waals surface area contributed by atoms with Crippen LogP contribution in [0.15, 0.2) is 12.1 Å². The molecule has 0 aliphatic carbocycles. The molecule has 0 unspecified atom stereocenters. The molecule has 5 heteroatoms. The highest BCUT2D eigenvalue weighted by atomic mass is 16.1. The smallest absolute Gasteiger partial charge is 0.271 e. The SMILES string of the molecule is CNc1ccc(C(=O)NCC(C(C)C)C(C)C)nn1. The van der Waals surface area contributed by atoms with Crippen LogP contribution in [0.3, 0.4) is 0 Å². The molecule has 1 amide bonds. The van der Waals surface area contributed by atoms with Gasteiger partial charge >= 0.3 is 0 Å². The van der Waals surface area contributed by atoms with E-state index in [1.54, 1.807) is 19.2 Å². The van der Waals surface area contributed by atoms with E-state index in [0.717, 1.165) is 0 Å². The lowest BCUT2D eigenvalue weighted by molar-refractivity contribution is 0.0931. The molecule has 0 bridgehead atoms. The summed E-state index contributed by atoms with van der Waals surface area (Å²) in [6.45, 7) is 9.39. The van der Waals surface area contributed by atoms with E-state index in [1.165, 1.54) is 0 Å². The fraction of sp³-hybridized carbons (Fsp3) is 0.643. The van der Waals surface area contributed by atoms with Crippen molar-refractivity contribution in [2.45, 2.75) is 27.7 Å². The van der Waals surface area contributed by atoms with Crippen LogP contribution in [-0.4, -0.2) is 29.7 Å². The van der Waals surface area contributed by atoms with Gasteiger partial charge < -0.3 is 10.6 Å². The number of amides is 1. The Morgan fingerprint density at radius 3 is 2.21 bits per heavy atom. The van der Waals surface area contributed by atoms with E-state index in [9.17, 15) is 4.79 Å². The van der Waals surface area contributed by atoms with Gasteiger partial charge in [0.05, 0.1) is 0 Å². The third kappa shape index (κ3) is 4.50. The number of nitrogens with one attached hydrogen (secondary N) is 2. The van der Waals surface area contributed by atoms with Crippen molar-refractivity contribution in [2.75, 3.05) is 18.9 Å². The Hall–Kier alpha value is -1.65. The van der Waals surface area contributed by atoms with Crippen LogP contribution in [0.2, 0.25) is 0 Å². The number of carbonyl (C=O) groups is 1. The monoisotopic (exact) mass is 264 g/mol. The summed E-state index contributed by atoms with van der Waals surface area (Å²) in [5, 5.41) is 13.6. The summed E-state index contributed by atoms with van der Waals surface area (Å²) in [7, 11) is 1.76. The third-order valence-corrected chi connectivity index (χ3v) is 3.36. The Morgan fingerprint density at radius 1 is 1.16 bits per heavy atom. The Labute approximate surface area is 115 Å². The Morgan fingerprint density at radius 2 is 1.79 bits per heavy atom. The Balaban J connectivity index is 2.58. The number of hydrogen-bond acceptors (Lipinski definition) is 4. The molecule has 0 fully saturated rings. The quantitative estimate of drug-likeness (QED) is 0.826. The number of carbonyl (C=O) groups excluding carboxylic acids is 1. The van der Waals surface area contributed by atoms with Crippen LogP contribution in [0.1, 0.15) is 38.2 Å². The van der Waals surface area contributed by atoms with Crippen molar-refractivity contribution in [1.82, 2.24) is 15.5 Å². The van der Waals surface area contributed by atoms with Gasteiger partial charge in [0.15, 0.2) is 5.69 Å². The molecule has 106 valence electrons. The molecule has 0 aromatic carbocycles. The lowest BCUT2D eigenvalue weighted by Crippen LogP contribution is -2.34. The normalized spacial score (nSPS) is 11.2. The lowest BCUT2D eigenvalue weighted by atomic mass is 9.85.